The quantitative estimate of drug-likeness (QED) is 0.863. The van der Waals surface area contributed by atoms with Crippen molar-refractivity contribution >= 4 is 0 Å². The van der Waals surface area contributed by atoms with Gasteiger partial charge in [-0.15, -0.1) is 0 Å². The van der Waals surface area contributed by atoms with Gasteiger partial charge in [0, 0.05) is 13.2 Å². The molecule has 1 aromatic rings. The van der Waals surface area contributed by atoms with Gasteiger partial charge >= 0.3 is 6.18 Å². The van der Waals surface area contributed by atoms with E-state index in [-0.39, 0.29) is 11.6 Å². The number of rotatable bonds is 6. The Balaban J connectivity index is 2.05. The van der Waals surface area contributed by atoms with Gasteiger partial charge in [0.1, 0.15) is 0 Å². The van der Waals surface area contributed by atoms with E-state index < -0.39 is 11.7 Å². The lowest BCUT2D eigenvalue weighted by Crippen LogP contribution is -2.45. The zero-order chi connectivity index (χ0) is 15.5. The Bertz CT molecular complexity index is 463. The van der Waals surface area contributed by atoms with E-state index in [9.17, 15) is 13.2 Å². The summed E-state index contributed by atoms with van der Waals surface area (Å²) in [4.78, 5) is 0. The molecular weight excluding hydrogens is 279 g/mol. The summed E-state index contributed by atoms with van der Waals surface area (Å²) in [6, 6.07) is 5.69. The lowest BCUT2D eigenvalue weighted by molar-refractivity contribution is -0.137. The van der Waals surface area contributed by atoms with E-state index in [4.69, 9.17) is 4.74 Å². The highest BCUT2D eigenvalue weighted by molar-refractivity contribution is 5.26. The standard InChI is InChI=1S/C16H22F3NO/c1-20-14(11-15(21-2)7-4-8-15)10-12-5-3-6-13(9-12)16(17,18)19/h3,5-6,9,14,20H,4,7-8,10-11H2,1-2H3. The monoisotopic (exact) mass is 301 g/mol. The molecule has 1 aliphatic rings. The second-order valence-electron chi connectivity index (χ2n) is 5.83. The molecule has 1 saturated carbocycles. The second kappa shape index (κ2) is 6.36. The molecule has 0 heterocycles. The SMILES string of the molecule is CNC(Cc1cccc(C(F)(F)F)c1)CC1(OC)CCC1. The smallest absolute Gasteiger partial charge is 0.378 e. The van der Waals surface area contributed by atoms with Crippen molar-refractivity contribution in [3.05, 3.63) is 35.4 Å². The Kier molecular flexibility index (Phi) is 4.94. The van der Waals surface area contributed by atoms with Crippen LogP contribution in [0.3, 0.4) is 0 Å². The molecule has 0 aliphatic heterocycles. The first kappa shape index (κ1) is 16.3. The van der Waals surface area contributed by atoms with Crippen molar-refractivity contribution in [1.29, 1.82) is 0 Å². The molecule has 0 aromatic heterocycles. The minimum absolute atomic E-state index is 0.0880. The molecule has 0 bridgehead atoms. The number of benzene rings is 1. The Labute approximate surface area is 123 Å². The van der Waals surface area contributed by atoms with Crippen LogP contribution in [0, 0.1) is 0 Å². The molecule has 2 nitrogen and oxygen atoms in total. The fourth-order valence-electron chi connectivity index (χ4n) is 2.95. The van der Waals surface area contributed by atoms with Gasteiger partial charge in [-0.3, -0.25) is 0 Å². The van der Waals surface area contributed by atoms with E-state index in [1.54, 1.807) is 13.2 Å². The van der Waals surface area contributed by atoms with E-state index in [0.717, 1.165) is 31.7 Å². The summed E-state index contributed by atoms with van der Waals surface area (Å²) in [7, 11) is 3.57. The van der Waals surface area contributed by atoms with Gasteiger partial charge in [0.15, 0.2) is 0 Å². The number of alkyl halides is 3. The summed E-state index contributed by atoms with van der Waals surface area (Å²) in [6.07, 6.45) is 0.344. The average Bonchev–Trinajstić information content (AvgIpc) is 2.41. The molecule has 0 amide bonds. The van der Waals surface area contributed by atoms with Crippen LogP contribution in [0.1, 0.15) is 36.8 Å². The molecular formula is C16H22F3NO. The predicted octanol–water partition coefficient (Wildman–Crippen LogP) is 3.80. The van der Waals surface area contributed by atoms with Crippen LogP contribution in [0.2, 0.25) is 0 Å². The topological polar surface area (TPSA) is 21.3 Å². The Morgan fingerprint density at radius 2 is 2.05 bits per heavy atom. The Morgan fingerprint density at radius 3 is 2.52 bits per heavy atom. The summed E-state index contributed by atoms with van der Waals surface area (Å²) < 4.78 is 43.8. The molecule has 5 heteroatoms. The third-order valence-corrected chi connectivity index (χ3v) is 4.46. The molecule has 1 atom stereocenters. The molecule has 0 radical (unpaired) electrons. The molecule has 1 fully saturated rings. The van der Waals surface area contributed by atoms with Crippen LogP contribution in [0.5, 0.6) is 0 Å². The minimum Gasteiger partial charge on any atom is -0.378 e. The second-order valence-corrected chi connectivity index (χ2v) is 5.83. The molecule has 2 rings (SSSR count). The molecule has 1 aromatic carbocycles. The number of hydrogen-bond donors (Lipinski definition) is 1. The number of halogens is 3. The van der Waals surface area contributed by atoms with Crippen LogP contribution in [0.4, 0.5) is 13.2 Å². The highest BCUT2D eigenvalue weighted by atomic mass is 19.4. The maximum Gasteiger partial charge on any atom is 0.416 e. The minimum atomic E-state index is -4.28. The molecule has 1 N–H and O–H groups in total. The van der Waals surface area contributed by atoms with Crippen LogP contribution >= 0.6 is 0 Å². The van der Waals surface area contributed by atoms with Crippen LogP contribution < -0.4 is 5.32 Å². The van der Waals surface area contributed by atoms with Crippen molar-refractivity contribution in [2.24, 2.45) is 0 Å². The van der Waals surface area contributed by atoms with Gasteiger partial charge < -0.3 is 10.1 Å². The van der Waals surface area contributed by atoms with Gasteiger partial charge in [0.05, 0.1) is 11.2 Å². The van der Waals surface area contributed by atoms with Gasteiger partial charge in [-0.2, -0.15) is 13.2 Å². The van der Waals surface area contributed by atoms with E-state index in [2.05, 4.69) is 5.32 Å². The van der Waals surface area contributed by atoms with Gasteiger partial charge in [-0.25, -0.2) is 0 Å². The van der Waals surface area contributed by atoms with Crippen molar-refractivity contribution in [3.8, 4) is 0 Å². The first-order chi connectivity index (χ1) is 9.88. The van der Waals surface area contributed by atoms with Crippen molar-refractivity contribution < 1.29 is 17.9 Å². The summed E-state index contributed by atoms with van der Waals surface area (Å²) >= 11 is 0. The van der Waals surface area contributed by atoms with Crippen molar-refractivity contribution in [1.82, 2.24) is 5.32 Å². The lowest BCUT2D eigenvalue weighted by Gasteiger charge is -2.42. The maximum absolute atomic E-state index is 12.7. The molecule has 1 aliphatic carbocycles. The van der Waals surface area contributed by atoms with E-state index in [0.29, 0.717) is 12.0 Å². The molecule has 21 heavy (non-hydrogen) atoms. The first-order valence-electron chi connectivity index (χ1n) is 7.27. The zero-order valence-corrected chi connectivity index (χ0v) is 12.5. The summed E-state index contributed by atoms with van der Waals surface area (Å²) in [5, 5.41) is 3.21. The fraction of sp³-hybridized carbons (Fsp3) is 0.625. The van der Waals surface area contributed by atoms with E-state index in [1.165, 1.54) is 12.1 Å². The molecule has 0 spiro atoms. The third-order valence-electron chi connectivity index (χ3n) is 4.46. The Morgan fingerprint density at radius 1 is 1.33 bits per heavy atom. The summed E-state index contributed by atoms with van der Waals surface area (Å²) in [5.74, 6) is 0. The van der Waals surface area contributed by atoms with Gasteiger partial charge in [0.2, 0.25) is 0 Å². The third kappa shape index (κ3) is 3.98. The normalized spacial score (nSPS) is 19.1. The van der Waals surface area contributed by atoms with Crippen molar-refractivity contribution in [2.75, 3.05) is 14.2 Å². The van der Waals surface area contributed by atoms with Crippen molar-refractivity contribution in [3.63, 3.8) is 0 Å². The molecule has 1 unspecified atom stereocenters. The highest BCUT2D eigenvalue weighted by Crippen LogP contribution is 2.39. The highest BCUT2D eigenvalue weighted by Gasteiger charge is 2.38. The average molecular weight is 301 g/mol. The number of hydrogen-bond acceptors (Lipinski definition) is 2. The van der Waals surface area contributed by atoms with Crippen molar-refractivity contribution in [2.45, 2.75) is 49.9 Å². The largest absolute Gasteiger partial charge is 0.416 e. The van der Waals surface area contributed by atoms with Crippen LogP contribution in [0.15, 0.2) is 24.3 Å². The molecule has 118 valence electrons. The number of nitrogens with one attached hydrogen (secondary N) is 1. The predicted molar refractivity (Wildman–Crippen MR) is 76.2 cm³/mol. The molecule has 0 saturated heterocycles. The first-order valence-corrected chi connectivity index (χ1v) is 7.27. The van der Waals surface area contributed by atoms with E-state index in [1.807, 2.05) is 7.05 Å². The maximum atomic E-state index is 12.7. The van der Waals surface area contributed by atoms with Crippen LogP contribution in [-0.4, -0.2) is 25.8 Å². The number of ether oxygens (including phenoxy) is 1. The van der Waals surface area contributed by atoms with Gasteiger partial charge in [-0.1, -0.05) is 18.2 Å². The number of likely N-dealkylation sites (N-methyl/N-ethyl adjacent to an activating group) is 1. The van der Waals surface area contributed by atoms with Crippen LogP contribution in [0.25, 0.3) is 0 Å². The van der Waals surface area contributed by atoms with E-state index >= 15 is 0 Å². The van der Waals surface area contributed by atoms with Gasteiger partial charge in [0.25, 0.3) is 0 Å². The van der Waals surface area contributed by atoms with Gasteiger partial charge in [-0.05, 0) is 50.8 Å². The summed E-state index contributed by atoms with van der Waals surface area (Å²) in [5.41, 5.74) is 0.0321. The summed E-state index contributed by atoms with van der Waals surface area (Å²) in [6.45, 7) is 0. The zero-order valence-electron chi connectivity index (χ0n) is 12.5. The Hall–Kier alpha value is -1.07. The lowest BCUT2D eigenvalue weighted by atomic mass is 9.75. The fourth-order valence-corrected chi connectivity index (χ4v) is 2.95. The number of methoxy groups -OCH3 is 1. The van der Waals surface area contributed by atoms with Crippen LogP contribution in [-0.2, 0) is 17.3 Å².